The summed E-state index contributed by atoms with van der Waals surface area (Å²) in [4.78, 5) is 24.1. The molecule has 0 aliphatic heterocycles. The summed E-state index contributed by atoms with van der Waals surface area (Å²) in [6.45, 7) is 2.09. The van der Waals surface area contributed by atoms with E-state index in [4.69, 9.17) is 13.9 Å². The maximum atomic E-state index is 12.3. The third-order valence-corrected chi connectivity index (χ3v) is 4.56. The van der Waals surface area contributed by atoms with Crippen molar-refractivity contribution >= 4 is 34.0 Å². The SMILES string of the molecule is CCOC(=O)c1ccc(-c2ccc(/C=N\NC(=O)c3cc(Br)ccc3OC)o2)cc1. The Balaban J connectivity index is 1.65. The Morgan fingerprint density at radius 1 is 1.13 bits per heavy atom. The van der Waals surface area contributed by atoms with Gasteiger partial charge >= 0.3 is 5.97 Å². The molecule has 1 heterocycles. The Morgan fingerprint density at radius 2 is 1.90 bits per heavy atom. The fourth-order valence-corrected chi connectivity index (χ4v) is 3.00. The summed E-state index contributed by atoms with van der Waals surface area (Å²) in [6.07, 6.45) is 1.40. The van der Waals surface area contributed by atoms with Crippen LogP contribution in [0.3, 0.4) is 0 Å². The van der Waals surface area contributed by atoms with Crippen LogP contribution in [-0.2, 0) is 4.74 Å². The molecule has 8 heteroatoms. The molecule has 0 atom stereocenters. The topological polar surface area (TPSA) is 90.1 Å². The van der Waals surface area contributed by atoms with Crippen molar-refractivity contribution in [2.24, 2.45) is 5.10 Å². The zero-order chi connectivity index (χ0) is 21.5. The average Bonchev–Trinajstić information content (AvgIpc) is 3.23. The first-order valence-corrected chi connectivity index (χ1v) is 9.85. The summed E-state index contributed by atoms with van der Waals surface area (Å²) in [5, 5.41) is 3.94. The molecular weight excluding hydrogens is 452 g/mol. The zero-order valence-corrected chi connectivity index (χ0v) is 17.9. The Kier molecular flexibility index (Phi) is 7.03. The smallest absolute Gasteiger partial charge is 0.338 e. The van der Waals surface area contributed by atoms with E-state index in [-0.39, 0.29) is 5.97 Å². The third kappa shape index (κ3) is 5.15. The van der Waals surface area contributed by atoms with Gasteiger partial charge in [-0.15, -0.1) is 0 Å². The van der Waals surface area contributed by atoms with Gasteiger partial charge in [0.1, 0.15) is 17.3 Å². The maximum Gasteiger partial charge on any atom is 0.338 e. The average molecular weight is 471 g/mol. The van der Waals surface area contributed by atoms with Crippen molar-refractivity contribution in [1.29, 1.82) is 0 Å². The van der Waals surface area contributed by atoms with Crippen molar-refractivity contribution < 1.29 is 23.5 Å². The highest BCUT2D eigenvalue weighted by Crippen LogP contribution is 2.23. The molecule has 0 radical (unpaired) electrons. The molecule has 0 spiro atoms. The zero-order valence-electron chi connectivity index (χ0n) is 16.3. The van der Waals surface area contributed by atoms with Crippen molar-refractivity contribution in [2.45, 2.75) is 6.92 Å². The molecule has 0 fully saturated rings. The summed E-state index contributed by atoms with van der Waals surface area (Å²) >= 11 is 3.33. The highest BCUT2D eigenvalue weighted by Gasteiger charge is 2.12. The van der Waals surface area contributed by atoms with Gasteiger partial charge in [0, 0.05) is 10.0 Å². The lowest BCUT2D eigenvalue weighted by Crippen LogP contribution is -2.18. The third-order valence-electron chi connectivity index (χ3n) is 4.07. The van der Waals surface area contributed by atoms with E-state index in [2.05, 4.69) is 26.5 Å². The lowest BCUT2D eigenvalue weighted by molar-refractivity contribution is 0.0526. The van der Waals surface area contributed by atoms with Gasteiger partial charge in [-0.05, 0) is 49.4 Å². The van der Waals surface area contributed by atoms with E-state index in [9.17, 15) is 9.59 Å². The minimum Gasteiger partial charge on any atom is -0.496 e. The summed E-state index contributed by atoms with van der Waals surface area (Å²) < 4.78 is 16.6. The fraction of sp³-hybridized carbons (Fsp3) is 0.136. The Labute approximate surface area is 181 Å². The Bertz CT molecular complexity index is 1070. The predicted molar refractivity (Wildman–Crippen MR) is 116 cm³/mol. The van der Waals surface area contributed by atoms with E-state index in [1.165, 1.54) is 13.3 Å². The number of furan rings is 1. The number of esters is 1. The monoisotopic (exact) mass is 470 g/mol. The lowest BCUT2D eigenvalue weighted by atomic mass is 10.1. The van der Waals surface area contributed by atoms with E-state index >= 15 is 0 Å². The molecule has 3 rings (SSSR count). The molecule has 0 bridgehead atoms. The van der Waals surface area contributed by atoms with Gasteiger partial charge in [-0.3, -0.25) is 4.79 Å². The number of hydrogen-bond donors (Lipinski definition) is 1. The fourth-order valence-electron chi connectivity index (χ4n) is 2.63. The molecule has 0 unspecified atom stereocenters. The van der Waals surface area contributed by atoms with Crippen LogP contribution in [0.15, 0.2) is 68.6 Å². The first kappa shape index (κ1) is 21.3. The normalized spacial score (nSPS) is 10.8. The van der Waals surface area contributed by atoms with E-state index in [1.54, 1.807) is 61.5 Å². The maximum absolute atomic E-state index is 12.3. The van der Waals surface area contributed by atoms with Crippen LogP contribution in [0.2, 0.25) is 0 Å². The van der Waals surface area contributed by atoms with Crippen LogP contribution in [0, 0.1) is 0 Å². The summed E-state index contributed by atoms with van der Waals surface area (Å²) in [6, 6.07) is 15.5. The number of hydrogen-bond acceptors (Lipinski definition) is 6. The molecular formula is C22H19BrN2O5. The van der Waals surface area contributed by atoms with Gasteiger partial charge in [0.05, 0.1) is 31.1 Å². The van der Waals surface area contributed by atoms with E-state index in [1.807, 2.05) is 0 Å². The molecule has 0 aliphatic rings. The Hall–Kier alpha value is -3.39. The van der Waals surface area contributed by atoms with Crippen LogP contribution >= 0.6 is 15.9 Å². The number of methoxy groups -OCH3 is 1. The second-order valence-electron chi connectivity index (χ2n) is 6.04. The second kappa shape index (κ2) is 9.89. The van der Waals surface area contributed by atoms with Gasteiger partial charge in [-0.25, -0.2) is 10.2 Å². The van der Waals surface area contributed by atoms with Crippen LogP contribution in [0.4, 0.5) is 0 Å². The number of rotatable bonds is 7. The van der Waals surface area contributed by atoms with Crippen molar-refractivity contribution in [3.8, 4) is 17.1 Å². The van der Waals surface area contributed by atoms with Crippen LogP contribution in [-0.4, -0.2) is 31.8 Å². The first-order chi connectivity index (χ1) is 14.5. The molecule has 0 aliphatic carbocycles. The van der Waals surface area contributed by atoms with E-state index in [0.717, 1.165) is 10.0 Å². The molecule has 30 heavy (non-hydrogen) atoms. The molecule has 0 saturated carbocycles. The molecule has 1 amide bonds. The number of hydrazone groups is 1. The molecule has 3 aromatic rings. The van der Waals surface area contributed by atoms with E-state index in [0.29, 0.717) is 35.0 Å². The van der Waals surface area contributed by atoms with E-state index < -0.39 is 5.91 Å². The molecule has 2 aromatic carbocycles. The van der Waals surface area contributed by atoms with Gasteiger partial charge in [-0.2, -0.15) is 5.10 Å². The largest absolute Gasteiger partial charge is 0.496 e. The number of nitrogens with zero attached hydrogens (tertiary/aromatic N) is 1. The Morgan fingerprint density at radius 3 is 2.60 bits per heavy atom. The molecule has 0 saturated heterocycles. The quantitative estimate of drug-likeness (QED) is 0.308. The molecule has 7 nitrogen and oxygen atoms in total. The van der Waals surface area contributed by atoms with Crippen LogP contribution in [0.1, 0.15) is 33.4 Å². The number of benzene rings is 2. The second-order valence-corrected chi connectivity index (χ2v) is 6.96. The first-order valence-electron chi connectivity index (χ1n) is 9.06. The number of carbonyl (C=O) groups excluding carboxylic acids is 2. The number of nitrogens with one attached hydrogen (secondary N) is 1. The number of halogens is 1. The molecule has 1 N–H and O–H groups in total. The summed E-state index contributed by atoms with van der Waals surface area (Å²) in [5.74, 6) is 0.727. The number of ether oxygens (including phenoxy) is 2. The highest BCUT2D eigenvalue weighted by atomic mass is 79.9. The van der Waals surface area contributed by atoms with Crippen molar-refractivity contribution in [2.75, 3.05) is 13.7 Å². The summed E-state index contributed by atoms with van der Waals surface area (Å²) in [7, 11) is 1.49. The van der Waals surface area contributed by atoms with Gasteiger partial charge in [0.25, 0.3) is 5.91 Å². The van der Waals surface area contributed by atoms with Crippen LogP contribution < -0.4 is 10.2 Å². The van der Waals surface area contributed by atoms with Gasteiger partial charge < -0.3 is 13.9 Å². The summed E-state index contributed by atoms with van der Waals surface area (Å²) in [5.41, 5.74) is 4.07. The highest BCUT2D eigenvalue weighted by molar-refractivity contribution is 9.10. The number of amides is 1. The van der Waals surface area contributed by atoms with Crippen molar-refractivity contribution in [3.05, 3.63) is 76.0 Å². The minimum absolute atomic E-state index is 0.326. The van der Waals surface area contributed by atoms with Gasteiger partial charge in [0.2, 0.25) is 0 Å². The van der Waals surface area contributed by atoms with Crippen LogP contribution in [0.5, 0.6) is 5.75 Å². The number of carbonyl (C=O) groups is 2. The van der Waals surface area contributed by atoms with Crippen LogP contribution in [0.25, 0.3) is 11.3 Å². The minimum atomic E-state index is -0.411. The predicted octanol–water partition coefficient (Wildman–Crippen LogP) is 4.66. The molecule has 154 valence electrons. The van der Waals surface area contributed by atoms with Gasteiger partial charge in [0.15, 0.2) is 0 Å². The van der Waals surface area contributed by atoms with Gasteiger partial charge in [-0.1, -0.05) is 28.1 Å². The van der Waals surface area contributed by atoms with Crippen molar-refractivity contribution in [3.63, 3.8) is 0 Å². The molecule has 1 aromatic heterocycles. The lowest BCUT2D eigenvalue weighted by Gasteiger charge is -2.07. The standard InChI is InChI=1S/C22H19BrN2O5/c1-3-29-22(27)15-6-4-14(5-7-15)19-11-9-17(30-19)13-24-25-21(26)18-12-16(23)8-10-20(18)28-2/h4-13H,3H2,1-2H3,(H,25,26)/b24-13-. The van der Waals surface area contributed by atoms with Crippen molar-refractivity contribution in [1.82, 2.24) is 5.43 Å².